The van der Waals surface area contributed by atoms with Crippen molar-refractivity contribution in [3.63, 3.8) is 0 Å². The molecule has 0 saturated carbocycles. The second-order valence-corrected chi connectivity index (χ2v) is 6.09. The molecule has 0 unspecified atom stereocenters. The molecule has 0 amide bonds. The van der Waals surface area contributed by atoms with Gasteiger partial charge in [0.05, 0.1) is 0 Å². The quantitative estimate of drug-likeness (QED) is 0.447. The van der Waals surface area contributed by atoms with E-state index in [0.29, 0.717) is 17.2 Å². The van der Waals surface area contributed by atoms with E-state index in [2.05, 4.69) is 11.6 Å². The van der Waals surface area contributed by atoms with E-state index in [1.165, 1.54) is 0 Å². The lowest BCUT2D eigenvalue weighted by atomic mass is 10.2. The first-order valence-electron chi connectivity index (χ1n) is 7.67. The third kappa shape index (κ3) is 4.37. The van der Waals surface area contributed by atoms with Crippen LogP contribution in [-0.2, 0) is 9.53 Å². The fourth-order valence-corrected chi connectivity index (χ4v) is 2.28. The zero-order valence-electron chi connectivity index (χ0n) is 13.7. The number of hydrogen-bond acceptors (Lipinski definition) is 4. The molecule has 0 atom stereocenters. The Hall–Kier alpha value is -2.85. The number of carbonyl (C=O) groups is 1. The number of rotatable bonds is 5. The van der Waals surface area contributed by atoms with Gasteiger partial charge in [-0.1, -0.05) is 30.3 Å². The second-order valence-electron chi connectivity index (χ2n) is 5.66. The third-order valence-electron chi connectivity index (χ3n) is 3.38. The zero-order chi connectivity index (χ0) is 17.8. The van der Waals surface area contributed by atoms with Crippen LogP contribution in [0.3, 0.4) is 0 Å². The average Bonchev–Trinajstić information content (AvgIpc) is 2.95. The molecule has 25 heavy (non-hydrogen) atoms. The van der Waals surface area contributed by atoms with Crippen molar-refractivity contribution < 1.29 is 14.3 Å². The van der Waals surface area contributed by atoms with Crippen molar-refractivity contribution >= 4 is 29.5 Å². The van der Waals surface area contributed by atoms with Crippen LogP contribution in [0.25, 0.3) is 6.08 Å². The maximum atomic E-state index is 12.0. The van der Waals surface area contributed by atoms with Crippen molar-refractivity contribution in [1.82, 2.24) is 0 Å². The number of nitrogens with zero attached hydrogens (tertiary/aromatic N) is 1. The first kappa shape index (κ1) is 17.0. The molecule has 0 bridgehead atoms. The molecule has 0 aromatic heterocycles. The molecular weight excluding hydrogens is 338 g/mol. The van der Waals surface area contributed by atoms with Crippen molar-refractivity contribution in [1.29, 1.82) is 0 Å². The molecule has 0 saturated heterocycles. The molecule has 0 fully saturated rings. The van der Waals surface area contributed by atoms with E-state index in [0.717, 1.165) is 16.9 Å². The highest BCUT2D eigenvalue weighted by atomic mass is 35.5. The summed E-state index contributed by atoms with van der Waals surface area (Å²) < 4.78 is 10.8. The molecule has 0 spiro atoms. The smallest absolute Gasteiger partial charge is 0.363 e. The number of cyclic esters (lactones) is 1. The Morgan fingerprint density at radius 3 is 2.52 bits per heavy atom. The van der Waals surface area contributed by atoms with Crippen molar-refractivity contribution in [2.45, 2.75) is 6.92 Å². The largest absolute Gasteiger partial charge is 0.489 e. The molecular formula is C20H16ClNO3. The molecule has 1 aliphatic heterocycles. The minimum atomic E-state index is -0.479. The van der Waals surface area contributed by atoms with Crippen LogP contribution < -0.4 is 4.74 Å². The van der Waals surface area contributed by atoms with Crippen LogP contribution in [-0.4, -0.2) is 18.5 Å². The Labute approximate surface area is 151 Å². The summed E-state index contributed by atoms with van der Waals surface area (Å²) in [5.74, 6) is 0.534. The molecule has 5 heteroatoms. The fourth-order valence-electron chi connectivity index (χ4n) is 2.15. The maximum Gasteiger partial charge on any atom is 0.363 e. The second kappa shape index (κ2) is 7.36. The Morgan fingerprint density at radius 2 is 1.88 bits per heavy atom. The van der Waals surface area contributed by atoms with E-state index in [4.69, 9.17) is 21.1 Å². The highest BCUT2D eigenvalue weighted by molar-refractivity contribution is 6.30. The van der Waals surface area contributed by atoms with Gasteiger partial charge in [-0.15, -0.1) is 0 Å². The van der Waals surface area contributed by atoms with Gasteiger partial charge in [0.1, 0.15) is 12.4 Å². The lowest BCUT2D eigenvalue weighted by Gasteiger charge is -2.05. The molecule has 126 valence electrons. The first-order chi connectivity index (χ1) is 12.0. The van der Waals surface area contributed by atoms with Crippen LogP contribution in [0.5, 0.6) is 5.75 Å². The van der Waals surface area contributed by atoms with Crippen molar-refractivity contribution in [3.8, 4) is 5.75 Å². The van der Waals surface area contributed by atoms with Gasteiger partial charge in [-0.25, -0.2) is 9.79 Å². The Kier molecular flexibility index (Phi) is 5.00. The number of halogens is 1. The topological polar surface area (TPSA) is 47.9 Å². The lowest BCUT2D eigenvalue weighted by molar-refractivity contribution is -0.129. The summed E-state index contributed by atoms with van der Waals surface area (Å²) in [6.07, 6.45) is 1.67. The minimum absolute atomic E-state index is 0.251. The van der Waals surface area contributed by atoms with Gasteiger partial charge in [-0.2, -0.15) is 0 Å². The highest BCUT2D eigenvalue weighted by Crippen LogP contribution is 2.21. The molecule has 2 aromatic carbocycles. The molecule has 4 nitrogen and oxygen atoms in total. The van der Waals surface area contributed by atoms with E-state index in [-0.39, 0.29) is 11.6 Å². The van der Waals surface area contributed by atoms with E-state index in [1.807, 2.05) is 31.2 Å². The number of aliphatic imine (C=N–C) groups is 1. The van der Waals surface area contributed by atoms with E-state index < -0.39 is 5.97 Å². The summed E-state index contributed by atoms with van der Waals surface area (Å²) in [6, 6.07) is 14.3. The van der Waals surface area contributed by atoms with E-state index in [1.54, 1.807) is 30.3 Å². The number of ether oxygens (including phenoxy) is 2. The van der Waals surface area contributed by atoms with Crippen LogP contribution in [0.15, 0.2) is 71.4 Å². The fraction of sp³-hybridized carbons (Fsp3) is 0.100. The Bertz CT molecular complexity index is 865. The van der Waals surface area contributed by atoms with Gasteiger partial charge in [0, 0.05) is 10.6 Å². The van der Waals surface area contributed by atoms with Crippen LogP contribution in [0.4, 0.5) is 0 Å². The zero-order valence-corrected chi connectivity index (χ0v) is 14.4. The normalized spacial score (nSPS) is 15.0. The van der Waals surface area contributed by atoms with Crippen LogP contribution in [0.2, 0.25) is 5.02 Å². The lowest BCUT2D eigenvalue weighted by Crippen LogP contribution is -2.05. The average molecular weight is 354 g/mol. The summed E-state index contributed by atoms with van der Waals surface area (Å²) in [6.45, 7) is 6.17. The molecule has 1 aliphatic rings. The molecule has 0 N–H and O–H groups in total. The molecule has 1 heterocycles. The van der Waals surface area contributed by atoms with Gasteiger partial charge < -0.3 is 9.47 Å². The molecule has 3 rings (SSSR count). The predicted octanol–water partition coefficient (Wildman–Crippen LogP) is 4.64. The van der Waals surface area contributed by atoms with Gasteiger partial charge in [0.25, 0.3) is 0 Å². The maximum absolute atomic E-state index is 12.0. The third-order valence-corrected chi connectivity index (χ3v) is 3.63. The van der Waals surface area contributed by atoms with Crippen molar-refractivity contribution in [2.75, 3.05) is 6.61 Å². The van der Waals surface area contributed by atoms with Crippen LogP contribution in [0, 0.1) is 0 Å². The summed E-state index contributed by atoms with van der Waals surface area (Å²) in [5.41, 5.74) is 2.73. The highest BCUT2D eigenvalue weighted by Gasteiger charge is 2.24. The first-order valence-corrected chi connectivity index (χ1v) is 8.05. The monoisotopic (exact) mass is 353 g/mol. The van der Waals surface area contributed by atoms with Gasteiger partial charge in [-0.05, 0) is 60.5 Å². The predicted molar refractivity (Wildman–Crippen MR) is 98.8 cm³/mol. The number of hydrogen-bond donors (Lipinski definition) is 0. The Balaban J connectivity index is 1.77. The van der Waals surface area contributed by atoms with Gasteiger partial charge in [0.2, 0.25) is 5.90 Å². The van der Waals surface area contributed by atoms with Crippen LogP contribution in [0.1, 0.15) is 18.1 Å². The van der Waals surface area contributed by atoms with Crippen LogP contribution >= 0.6 is 11.6 Å². The summed E-state index contributed by atoms with van der Waals surface area (Å²) in [5, 5.41) is 0.610. The van der Waals surface area contributed by atoms with Crippen molar-refractivity contribution in [3.05, 3.63) is 82.5 Å². The Morgan fingerprint density at radius 1 is 1.20 bits per heavy atom. The summed E-state index contributed by atoms with van der Waals surface area (Å²) in [7, 11) is 0. The number of carbonyl (C=O) groups excluding carboxylic acids is 1. The van der Waals surface area contributed by atoms with Crippen molar-refractivity contribution in [2.24, 2.45) is 4.99 Å². The SMILES string of the molecule is C=C(C)COc1ccc(/C=C2/N=C(c3ccc(Cl)cc3)OC2=O)cc1. The molecule has 0 aliphatic carbocycles. The summed E-state index contributed by atoms with van der Waals surface area (Å²) >= 11 is 5.86. The van der Waals surface area contributed by atoms with Gasteiger partial charge in [-0.3, -0.25) is 0 Å². The van der Waals surface area contributed by atoms with E-state index >= 15 is 0 Å². The minimum Gasteiger partial charge on any atom is -0.489 e. The molecule has 2 aromatic rings. The standard InChI is InChI=1S/C20H16ClNO3/c1-13(2)12-24-17-9-3-14(4-10-17)11-18-20(23)25-19(22-18)15-5-7-16(21)8-6-15/h3-11H,1,12H2,2H3/b18-11+. The number of benzene rings is 2. The molecule has 0 radical (unpaired) electrons. The number of esters is 1. The van der Waals surface area contributed by atoms with Gasteiger partial charge >= 0.3 is 5.97 Å². The summed E-state index contributed by atoms with van der Waals surface area (Å²) in [4.78, 5) is 16.3. The van der Waals surface area contributed by atoms with E-state index in [9.17, 15) is 4.79 Å². The van der Waals surface area contributed by atoms with Gasteiger partial charge in [0.15, 0.2) is 5.70 Å².